The molecule has 3 aromatic heterocycles. The molecule has 0 amide bonds. The lowest BCUT2D eigenvalue weighted by molar-refractivity contribution is 0.661. The molecule has 0 saturated heterocycles. The van der Waals surface area contributed by atoms with Crippen LogP contribution in [0.3, 0.4) is 0 Å². The van der Waals surface area contributed by atoms with Crippen LogP contribution in [0.1, 0.15) is 25.0 Å². The first-order chi connectivity index (χ1) is 66.6. The SMILES string of the molecule is CC1(C)c2cc(-c3cc(-c4ccc(-c5ccc6ccccc6c5)cc4)nc4ccccc34)ccc2-c2cc3ccccc3cc21.c1ccc2c(-c3ccc4c5ccccc5c5ccccc5c4c3)cc(-c3ccc4c5ccccc5c5ccccc5c4c3)nc2c1.c1ccc2cc(-c3ccc(-c4nc5ccccc5nc4-c4ccc5c6ccccc6c6ccccc6c5c4)cc3)ccc2c1. The monoisotopic (exact) mass is 1710 g/mol. The van der Waals surface area contributed by atoms with E-state index < -0.39 is 0 Å². The molecule has 1 aliphatic rings. The van der Waals surface area contributed by atoms with E-state index in [1.165, 1.54) is 201 Å². The standard InChI is InChI=1S/C45H27N.C44H31N.C42H26N2/c1-3-15-34-30(11-1)32-13-5-7-17-36(32)42-25-28(21-23-38(34)42)41-27-45(46-44-20-10-9-19-40(41)44)29-22-24-39-35-16-4-2-12-31(35)33-14-6-8-18-37(33)43(39)26-29;1-44(2)40-26-35(21-22-36(40)39-24-32-11-5-6-12-33(32)25-41(39)44)38-27-43(45-42-14-8-7-13-37(38)42)30-18-15-29(16-19-30)34-20-17-28-9-3-4-10-31(28)23-34;1-2-10-30-25-31(22-19-27(30)9-1)28-17-20-29(21-18-28)41-42(44-40-16-8-7-15-39(40)43-41)32-23-24-37-35-13-4-3-11-33(35)34-12-5-6-14-36(34)38(37)26-32/h1-27H;3-27H,1-2H3;1-26H. The highest BCUT2D eigenvalue weighted by atomic mass is 14.8. The summed E-state index contributed by atoms with van der Waals surface area (Å²) < 4.78 is 0. The normalized spacial score (nSPS) is 12.3. The molecule has 0 atom stereocenters. The lowest BCUT2D eigenvalue weighted by atomic mass is 9.81. The lowest BCUT2D eigenvalue weighted by Gasteiger charge is -2.22. The second kappa shape index (κ2) is 32.0. The van der Waals surface area contributed by atoms with E-state index in [0.29, 0.717) is 0 Å². The van der Waals surface area contributed by atoms with E-state index in [1.54, 1.807) is 0 Å². The van der Waals surface area contributed by atoms with E-state index >= 15 is 0 Å². The van der Waals surface area contributed by atoms with Crippen LogP contribution in [0.4, 0.5) is 0 Å². The molecule has 0 bridgehead atoms. The van der Waals surface area contributed by atoms with E-state index in [4.69, 9.17) is 19.9 Å². The van der Waals surface area contributed by atoms with Crippen LogP contribution in [-0.4, -0.2) is 19.9 Å². The molecule has 628 valence electrons. The molecule has 4 nitrogen and oxygen atoms in total. The van der Waals surface area contributed by atoms with Gasteiger partial charge in [0.05, 0.1) is 44.8 Å². The Morgan fingerprint density at radius 1 is 0.141 bits per heavy atom. The third kappa shape index (κ3) is 13.5. The van der Waals surface area contributed by atoms with Crippen LogP contribution in [0.25, 0.3) is 263 Å². The number of nitrogens with zero attached hydrogens (tertiary/aromatic N) is 4. The van der Waals surface area contributed by atoms with Gasteiger partial charge in [-0.1, -0.05) is 402 Å². The molecule has 0 radical (unpaired) electrons. The van der Waals surface area contributed by atoms with Crippen molar-refractivity contribution >= 4 is 162 Å². The zero-order chi connectivity index (χ0) is 89.4. The molecule has 0 unspecified atom stereocenters. The minimum Gasteiger partial charge on any atom is -0.248 e. The Bertz CT molecular complexity index is 9500. The molecule has 135 heavy (non-hydrogen) atoms. The second-order valence-corrected chi connectivity index (χ2v) is 36.5. The van der Waals surface area contributed by atoms with Crippen LogP contribution in [0.15, 0.2) is 473 Å². The summed E-state index contributed by atoms with van der Waals surface area (Å²) in [6, 6.07) is 171. The van der Waals surface area contributed by atoms with E-state index in [0.717, 1.165) is 72.5 Å². The highest BCUT2D eigenvalue weighted by molar-refractivity contribution is 6.29. The fourth-order valence-corrected chi connectivity index (χ4v) is 21.7. The quantitative estimate of drug-likeness (QED) is 0.142. The third-order valence-corrected chi connectivity index (χ3v) is 28.5. The zero-order valence-corrected chi connectivity index (χ0v) is 74.3. The maximum Gasteiger partial charge on any atom is 0.0973 e. The third-order valence-electron chi connectivity index (χ3n) is 28.5. The summed E-state index contributed by atoms with van der Waals surface area (Å²) in [5, 5.41) is 32.9. The van der Waals surface area contributed by atoms with Gasteiger partial charge in [-0.15, -0.1) is 0 Å². The number of benzene rings is 24. The van der Waals surface area contributed by atoms with Crippen molar-refractivity contribution in [2.45, 2.75) is 19.3 Å². The molecule has 28 rings (SSSR count). The molecule has 3 heterocycles. The van der Waals surface area contributed by atoms with Crippen molar-refractivity contribution in [2.75, 3.05) is 0 Å². The van der Waals surface area contributed by atoms with E-state index in [9.17, 15) is 0 Å². The van der Waals surface area contributed by atoms with Crippen molar-refractivity contribution in [3.05, 3.63) is 484 Å². The van der Waals surface area contributed by atoms with Crippen LogP contribution in [0.5, 0.6) is 0 Å². The molecule has 27 aromatic rings. The predicted octanol–water partition coefficient (Wildman–Crippen LogP) is 35.6. The number of rotatable bonds is 8. The average Bonchev–Trinajstić information content (AvgIpc) is 1.44. The van der Waals surface area contributed by atoms with E-state index in [1.807, 2.05) is 24.3 Å². The smallest absolute Gasteiger partial charge is 0.0973 e. The van der Waals surface area contributed by atoms with Crippen LogP contribution >= 0.6 is 0 Å². The van der Waals surface area contributed by atoms with Crippen molar-refractivity contribution < 1.29 is 0 Å². The summed E-state index contributed by atoms with van der Waals surface area (Å²) in [6.45, 7) is 4.73. The fraction of sp³-hybridized carbons (Fsp3) is 0.0229. The van der Waals surface area contributed by atoms with E-state index in [-0.39, 0.29) is 5.41 Å². The van der Waals surface area contributed by atoms with Gasteiger partial charge in [-0.05, 0) is 281 Å². The largest absolute Gasteiger partial charge is 0.248 e. The summed E-state index contributed by atoms with van der Waals surface area (Å²) in [5.74, 6) is 0. The van der Waals surface area contributed by atoms with Gasteiger partial charge >= 0.3 is 0 Å². The minimum absolute atomic E-state index is 0.0883. The van der Waals surface area contributed by atoms with Gasteiger partial charge in [0.15, 0.2) is 0 Å². The number of para-hydroxylation sites is 4. The molecule has 0 fully saturated rings. The number of hydrogen-bond donors (Lipinski definition) is 0. The number of hydrogen-bond acceptors (Lipinski definition) is 4. The van der Waals surface area contributed by atoms with Crippen LogP contribution in [0, 0.1) is 0 Å². The molecular weight excluding hydrogens is 1630 g/mol. The van der Waals surface area contributed by atoms with Gasteiger partial charge in [-0.25, -0.2) is 19.9 Å². The van der Waals surface area contributed by atoms with Gasteiger partial charge in [-0.3, -0.25) is 0 Å². The summed E-state index contributed by atoms with van der Waals surface area (Å²) in [5.41, 5.74) is 26.9. The number of pyridine rings is 2. The zero-order valence-electron chi connectivity index (χ0n) is 74.3. The Morgan fingerprint density at radius 3 is 0.852 bits per heavy atom. The topological polar surface area (TPSA) is 51.6 Å². The Kier molecular flexibility index (Phi) is 18.6. The number of fused-ring (bicyclic) bond motifs is 27. The van der Waals surface area contributed by atoms with Crippen molar-refractivity contribution in [3.63, 3.8) is 0 Å². The first-order valence-corrected chi connectivity index (χ1v) is 46.6. The molecule has 1 aliphatic carbocycles. The average molecular weight is 1710 g/mol. The summed E-state index contributed by atoms with van der Waals surface area (Å²) in [4.78, 5) is 20.8. The summed E-state index contributed by atoms with van der Waals surface area (Å²) in [6.07, 6.45) is 0. The summed E-state index contributed by atoms with van der Waals surface area (Å²) in [7, 11) is 0. The second-order valence-electron chi connectivity index (χ2n) is 36.5. The molecule has 0 N–H and O–H groups in total. The first kappa shape index (κ1) is 78.6. The molecule has 0 saturated carbocycles. The molecule has 24 aromatic carbocycles. The Labute approximate surface area is 780 Å². The highest BCUT2D eigenvalue weighted by Crippen LogP contribution is 2.53. The van der Waals surface area contributed by atoms with Gasteiger partial charge in [0, 0.05) is 38.4 Å². The van der Waals surface area contributed by atoms with Crippen molar-refractivity contribution in [1.29, 1.82) is 0 Å². The highest BCUT2D eigenvalue weighted by Gasteiger charge is 2.36. The van der Waals surface area contributed by atoms with Crippen molar-refractivity contribution in [2.24, 2.45) is 0 Å². The Morgan fingerprint density at radius 2 is 0.415 bits per heavy atom. The van der Waals surface area contributed by atoms with Crippen LogP contribution in [-0.2, 0) is 5.41 Å². The van der Waals surface area contributed by atoms with Crippen molar-refractivity contribution in [1.82, 2.24) is 19.9 Å². The Balaban J connectivity index is 0.000000105. The van der Waals surface area contributed by atoms with Crippen LogP contribution < -0.4 is 0 Å². The molecular formula is C131H84N4. The van der Waals surface area contributed by atoms with Gasteiger partial charge in [-0.2, -0.15) is 0 Å². The first-order valence-electron chi connectivity index (χ1n) is 46.6. The lowest BCUT2D eigenvalue weighted by Crippen LogP contribution is -2.15. The van der Waals surface area contributed by atoms with E-state index in [2.05, 4.69) is 463 Å². The number of aromatic nitrogens is 4. The Hall–Kier alpha value is -17.4. The predicted molar refractivity (Wildman–Crippen MR) is 574 cm³/mol. The summed E-state index contributed by atoms with van der Waals surface area (Å²) >= 11 is 0. The molecule has 0 spiro atoms. The maximum absolute atomic E-state index is 5.23. The van der Waals surface area contributed by atoms with Gasteiger partial charge in [0.25, 0.3) is 0 Å². The van der Waals surface area contributed by atoms with Gasteiger partial charge < -0.3 is 0 Å². The van der Waals surface area contributed by atoms with Gasteiger partial charge in [0.1, 0.15) is 0 Å². The molecule has 0 aliphatic heterocycles. The van der Waals surface area contributed by atoms with Gasteiger partial charge in [0.2, 0.25) is 0 Å². The molecule has 4 heteroatoms. The fourth-order valence-electron chi connectivity index (χ4n) is 21.7. The minimum atomic E-state index is -0.0883. The van der Waals surface area contributed by atoms with Crippen molar-refractivity contribution in [3.8, 4) is 101 Å². The maximum atomic E-state index is 5.23. The van der Waals surface area contributed by atoms with Crippen LogP contribution in [0.2, 0.25) is 0 Å².